The van der Waals surface area contributed by atoms with Gasteiger partial charge in [-0.25, -0.2) is 9.59 Å². The third kappa shape index (κ3) is 6.34. The average molecular weight is 242 g/mol. The van der Waals surface area contributed by atoms with Crippen molar-refractivity contribution in [1.82, 2.24) is 5.32 Å². The molecule has 0 saturated carbocycles. The molecule has 1 N–H and O–H groups in total. The summed E-state index contributed by atoms with van der Waals surface area (Å²) in [5.74, 6) is -0.750. The molecule has 0 amide bonds. The van der Waals surface area contributed by atoms with E-state index in [2.05, 4.69) is 19.8 Å². The zero-order valence-corrected chi connectivity index (χ0v) is 10.5. The van der Waals surface area contributed by atoms with Crippen molar-refractivity contribution in [2.75, 3.05) is 14.2 Å². The number of carbonyl (C=O) groups is 2. The number of hydrogen-bond acceptors (Lipinski definition) is 6. The largest absolute Gasteiger partial charge is 0.467 e. The molecule has 0 fully saturated rings. The number of allylic oxidation sites excluding steroid dienone is 1. The van der Waals surface area contributed by atoms with E-state index in [1.54, 1.807) is 26.1 Å². The van der Waals surface area contributed by atoms with Crippen molar-refractivity contribution in [3.8, 4) is 0 Å². The van der Waals surface area contributed by atoms with Crippen molar-refractivity contribution in [3.63, 3.8) is 0 Å². The summed E-state index contributed by atoms with van der Waals surface area (Å²) in [5.41, 5.74) is 0. The second kappa shape index (κ2) is 8.32. The third-order valence-corrected chi connectivity index (χ3v) is 1.94. The maximum Gasteiger partial charge on any atom is 0.330 e. The van der Waals surface area contributed by atoms with Crippen LogP contribution in [-0.4, -0.2) is 44.5 Å². The van der Waals surface area contributed by atoms with E-state index in [1.165, 1.54) is 20.4 Å². The Morgan fingerprint density at radius 1 is 1.18 bits per heavy atom. The third-order valence-electron chi connectivity index (χ3n) is 1.94. The number of aliphatic imine (C=N–C) groups is 1. The van der Waals surface area contributed by atoms with Crippen LogP contribution in [0.4, 0.5) is 0 Å². The van der Waals surface area contributed by atoms with Crippen molar-refractivity contribution in [1.29, 1.82) is 0 Å². The molecule has 0 saturated heterocycles. The summed E-state index contributed by atoms with van der Waals surface area (Å²) in [6, 6.07) is -0.967. The van der Waals surface area contributed by atoms with Gasteiger partial charge >= 0.3 is 11.9 Å². The summed E-state index contributed by atoms with van der Waals surface area (Å²) in [7, 11) is 2.63. The summed E-state index contributed by atoms with van der Waals surface area (Å²) < 4.78 is 9.02. The number of nitrogens with zero attached hydrogens (tertiary/aromatic N) is 1. The van der Waals surface area contributed by atoms with E-state index in [-0.39, 0.29) is 5.97 Å². The Morgan fingerprint density at radius 3 is 2.29 bits per heavy atom. The van der Waals surface area contributed by atoms with Crippen molar-refractivity contribution in [2.24, 2.45) is 4.99 Å². The highest BCUT2D eigenvalue weighted by molar-refractivity contribution is 5.80. The molecule has 0 radical (unpaired) electrons. The molecule has 0 aromatic rings. The van der Waals surface area contributed by atoms with Crippen LogP contribution < -0.4 is 5.32 Å². The van der Waals surface area contributed by atoms with E-state index in [9.17, 15) is 9.59 Å². The van der Waals surface area contributed by atoms with Gasteiger partial charge in [-0.3, -0.25) is 4.99 Å². The second-order valence-electron chi connectivity index (χ2n) is 3.27. The van der Waals surface area contributed by atoms with Gasteiger partial charge in [-0.15, -0.1) is 0 Å². The van der Waals surface area contributed by atoms with Crippen LogP contribution in [0, 0.1) is 0 Å². The molecule has 17 heavy (non-hydrogen) atoms. The fourth-order valence-corrected chi connectivity index (χ4v) is 0.898. The summed E-state index contributed by atoms with van der Waals surface area (Å²) in [6.07, 6.45) is 4.59. The minimum atomic E-state index is -0.539. The van der Waals surface area contributed by atoms with Crippen LogP contribution >= 0.6 is 0 Å². The second-order valence-corrected chi connectivity index (χ2v) is 3.27. The van der Waals surface area contributed by atoms with E-state index >= 15 is 0 Å². The number of hydrogen-bond donors (Lipinski definition) is 1. The smallest absolute Gasteiger partial charge is 0.330 e. The highest BCUT2D eigenvalue weighted by Gasteiger charge is 2.09. The van der Waals surface area contributed by atoms with Gasteiger partial charge in [0.25, 0.3) is 0 Å². The Balaban J connectivity index is 3.99. The standard InChI is InChI=1S/C11H18N2O4/c1-8(10(14)16-3)12-6-5-7-13-9(2)11(15)17-4/h5-9,12H,1-4H3/b6-5-,13-7?/t8-,9-/m0/s1. The summed E-state index contributed by atoms with van der Waals surface area (Å²) in [6.45, 7) is 3.30. The van der Waals surface area contributed by atoms with Crippen LogP contribution in [0.2, 0.25) is 0 Å². The molecule has 2 atom stereocenters. The molecule has 0 rings (SSSR count). The van der Waals surface area contributed by atoms with Gasteiger partial charge < -0.3 is 14.8 Å². The summed E-state index contributed by atoms with van der Waals surface area (Å²) in [5, 5.41) is 2.79. The first-order valence-corrected chi connectivity index (χ1v) is 5.13. The molecule has 6 nitrogen and oxygen atoms in total. The molecule has 0 aromatic heterocycles. The van der Waals surface area contributed by atoms with Crippen LogP contribution in [0.25, 0.3) is 0 Å². The van der Waals surface area contributed by atoms with Crippen LogP contribution in [0.3, 0.4) is 0 Å². The number of rotatable bonds is 6. The summed E-state index contributed by atoms with van der Waals surface area (Å²) in [4.78, 5) is 25.9. The summed E-state index contributed by atoms with van der Waals surface area (Å²) >= 11 is 0. The number of carbonyl (C=O) groups excluding carboxylic acids is 2. The molecule has 0 aliphatic heterocycles. The molecule has 0 unspecified atom stereocenters. The van der Waals surface area contributed by atoms with Crippen LogP contribution in [-0.2, 0) is 19.1 Å². The normalized spacial score (nSPS) is 14.6. The minimum Gasteiger partial charge on any atom is -0.467 e. The lowest BCUT2D eigenvalue weighted by molar-refractivity contribution is -0.142. The minimum absolute atomic E-state index is 0.352. The van der Waals surface area contributed by atoms with Gasteiger partial charge in [-0.2, -0.15) is 0 Å². The monoisotopic (exact) mass is 242 g/mol. The van der Waals surface area contributed by atoms with Gasteiger partial charge in [-0.1, -0.05) is 0 Å². The SMILES string of the molecule is COC(=O)[C@H](C)N=C/C=C\N[C@@H](C)C(=O)OC. The van der Waals surface area contributed by atoms with Gasteiger partial charge in [-0.05, 0) is 26.1 Å². The first kappa shape index (κ1) is 15.2. The molecule has 0 aliphatic carbocycles. The fourth-order valence-electron chi connectivity index (χ4n) is 0.898. The molecule has 0 aliphatic rings. The number of methoxy groups -OCH3 is 2. The molecule has 0 spiro atoms. The average Bonchev–Trinajstić information content (AvgIpc) is 2.35. The lowest BCUT2D eigenvalue weighted by atomic mass is 10.3. The van der Waals surface area contributed by atoms with Crippen LogP contribution in [0.1, 0.15) is 13.8 Å². The molecule has 0 heterocycles. The van der Waals surface area contributed by atoms with Crippen molar-refractivity contribution >= 4 is 18.2 Å². The molecular weight excluding hydrogens is 224 g/mol. The van der Waals surface area contributed by atoms with E-state index in [4.69, 9.17) is 0 Å². The zero-order valence-electron chi connectivity index (χ0n) is 10.5. The predicted octanol–water partition coefficient (Wildman–Crippen LogP) is 0.283. The van der Waals surface area contributed by atoms with E-state index in [0.29, 0.717) is 0 Å². The Bertz CT molecular complexity index is 313. The van der Waals surface area contributed by atoms with Gasteiger partial charge in [0, 0.05) is 6.21 Å². The van der Waals surface area contributed by atoms with Crippen molar-refractivity contribution in [2.45, 2.75) is 25.9 Å². The quantitative estimate of drug-likeness (QED) is 0.535. The van der Waals surface area contributed by atoms with Crippen LogP contribution in [0.15, 0.2) is 17.3 Å². The highest BCUT2D eigenvalue weighted by atomic mass is 16.5. The Labute approximate surface area is 101 Å². The predicted molar refractivity (Wildman–Crippen MR) is 63.7 cm³/mol. The van der Waals surface area contributed by atoms with Gasteiger partial charge in [0.15, 0.2) is 0 Å². The number of nitrogens with one attached hydrogen (secondary N) is 1. The maximum atomic E-state index is 11.0. The first-order valence-electron chi connectivity index (χ1n) is 5.13. The topological polar surface area (TPSA) is 77.0 Å². The highest BCUT2D eigenvalue weighted by Crippen LogP contribution is 1.91. The van der Waals surface area contributed by atoms with Crippen molar-refractivity contribution in [3.05, 3.63) is 12.3 Å². The molecule has 0 aromatic carbocycles. The molecular formula is C11H18N2O4. The van der Waals surface area contributed by atoms with Gasteiger partial charge in [0.2, 0.25) is 0 Å². The van der Waals surface area contributed by atoms with E-state index in [1.807, 2.05) is 0 Å². The zero-order chi connectivity index (χ0) is 13.3. The van der Waals surface area contributed by atoms with Crippen molar-refractivity contribution < 1.29 is 19.1 Å². The Hall–Kier alpha value is -1.85. The van der Waals surface area contributed by atoms with E-state index < -0.39 is 18.1 Å². The lowest BCUT2D eigenvalue weighted by Gasteiger charge is -2.07. The Morgan fingerprint density at radius 2 is 1.76 bits per heavy atom. The van der Waals surface area contributed by atoms with Gasteiger partial charge in [0.05, 0.1) is 14.2 Å². The van der Waals surface area contributed by atoms with Gasteiger partial charge in [0.1, 0.15) is 12.1 Å². The molecule has 96 valence electrons. The number of esters is 2. The lowest BCUT2D eigenvalue weighted by Crippen LogP contribution is -2.30. The number of ether oxygens (including phenoxy) is 2. The Kier molecular flexibility index (Phi) is 7.41. The van der Waals surface area contributed by atoms with E-state index in [0.717, 1.165) is 0 Å². The first-order chi connectivity index (χ1) is 8.02. The fraction of sp³-hybridized carbons (Fsp3) is 0.545. The maximum absolute atomic E-state index is 11.0. The molecule has 6 heteroatoms. The van der Waals surface area contributed by atoms with Crippen LogP contribution in [0.5, 0.6) is 0 Å². The molecule has 0 bridgehead atoms.